The van der Waals surface area contributed by atoms with Gasteiger partial charge < -0.3 is 24.4 Å². The minimum atomic E-state index is -0.677. The maximum atomic E-state index is 13.4. The molecule has 0 radical (unpaired) electrons. The van der Waals surface area contributed by atoms with Crippen molar-refractivity contribution in [2.45, 2.75) is 59.1 Å². The van der Waals surface area contributed by atoms with E-state index in [2.05, 4.69) is 25.7 Å². The van der Waals surface area contributed by atoms with Crippen LogP contribution in [0.25, 0.3) is 5.76 Å². The molecule has 1 fully saturated rings. The number of hydrogen-bond acceptors (Lipinski definition) is 6. The van der Waals surface area contributed by atoms with Gasteiger partial charge in [-0.25, -0.2) is 0 Å². The number of unbranched alkanes of at least 4 members (excludes halogenated alkanes) is 1. The Morgan fingerprint density at radius 2 is 1.84 bits per heavy atom. The maximum absolute atomic E-state index is 13.4. The van der Waals surface area contributed by atoms with Crippen LogP contribution in [0.15, 0.2) is 48.0 Å². The summed E-state index contributed by atoms with van der Waals surface area (Å²) in [6, 6.07) is 12.2. The zero-order valence-corrected chi connectivity index (χ0v) is 22.3. The van der Waals surface area contributed by atoms with Crippen LogP contribution in [0.5, 0.6) is 11.5 Å². The highest BCUT2D eigenvalue weighted by atomic mass is 16.5. The zero-order chi connectivity index (χ0) is 26.5. The molecule has 0 saturated carbocycles. The molecule has 0 aromatic heterocycles. The highest BCUT2D eigenvalue weighted by Crippen LogP contribution is 2.41. The number of aliphatic hydroxyl groups is 1. The molecule has 2 aromatic rings. The van der Waals surface area contributed by atoms with Crippen LogP contribution in [-0.4, -0.2) is 65.5 Å². The predicted octanol–water partition coefficient (Wildman–Crippen LogP) is 4.95. The number of Topliss-reactive ketones (excluding diaryl/α,β-unsaturated/α-hetero) is 1. The number of aliphatic hydroxyl groups excluding tert-OH is 1. The van der Waals surface area contributed by atoms with Crippen LogP contribution in [0.4, 0.5) is 0 Å². The van der Waals surface area contributed by atoms with Gasteiger partial charge in [-0.1, -0.05) is 39.3 Å². The lowest BCUT2D eigenvalue weighted by molar-refractivity contribution is -0.140. The molecule has 37 heavy (non-hydrogen) atoms. The summed E-state index contributed by atoms with van der Waals surface area (Å²) in [6.45, 7) is 11.6. The summed E-state index contributed by atoms with van der Waals surface area (Å²) in [6.07, 6.45) is 2.82. The first-order valence-corrected chi connectivity index (χ1v) is 13.4. The van der Waals surface area contributed by atoms with E-state index in [1.807, 2.05) is 43.3 Å². The van der Waals surface area contributed by atoms with Gasteiger partial charge in [0.05, 0.1) is 18.2 Å². The fourth-order valence-electron chi connectivity index (χ4n) is 5.05. The van der Waals surface area contributed by atoms with Crippen LogP contribution < -0.4 is 9.47 Å². The molecule has 2 aliphatic heterocycles. The Morgan fingerprint density at radius 3 is 2.51 bits per heavy atom. The molecule has 1 amide bonds. The summed E-state index contributed by atoms with van der Waals surface area (Å²) < 4.78 is 11.6. The van der Waals surface area contributed by atoms with Gasteiger partial charge in [-0.3, -0.25) is 9.59 Å². The van der Waals surface area contributed by atoms with Crippen molar-refractivity contribution in [3.8, 4) is 11.5 Å². The molecule has 2 aromatic carbocycles. The lowest BCUT2D eigenvalue weighted by Gasteiger charge is -2.28. The van der Waals surface area contributed by atoms with Crippen LogP contribution in [0, 0.1) is 0 Å². The van der Waals surface area contributed by atoms with E-state index in [1.165, 1.54) is 0 Å². The van der Waals surface area contributed by atoms with Crippen LogP contribution in [0.1, 0.15) is 63.3 Å². The minimum absolute atomic E-state index is 0.0658. The number of benzene rings is 2. The fourth-order valence-corrected chi connectivity index (χ4v) is 5.05. The summed E-state index contributed by atoms with van der Waals surface area (Å²) in [4.78, 5) is 30.4. The fraction of sp³-hybridized carbons (Fsp3) is 0.467. The zero-order valence-electron chi connectivity index (χ0n) is 22.3. The number of likely N-dealkylation sites (N-methyl/N-ethyl adjacent to an activating group) is 1. The van der Waals surface area contributed by atoms with Crippen molar-refractivity contribution < 1.29 is 24.2 Å². The van der Waals surface area contributed by atoms with Crippen LogP contribution in [-0.2, 0) is 16.0 Å². The predicted molar refractivity (Wildman–Crippen MR) is 144 cm³/mol. The Kier molecular flexibility index (Phi) is 8.54. The molecule has 7 heteroatoms. The first kappa shape index (κ1) is 26.7. The van der Waals surface area contributed by atoms with Crippen molar-refractivity contribution in [2.24, 2.45) is 0 Å². The number of fused-ring (bicyclic) bond motifs is 1. The van der Waals surface area contributed by atoms with Crippen LogP contribution in [0.3, 0.4) is 0 Å². The molecule has 0 unspecified atom stereocenters. The molecular formula is C30H38N2O5. The highest BCUT2D eigenvalue weighted by molar-refractivity contribution is 6.46. The molecule has 0 bridgehead atoms. The second kappa shape index (κ2) is 11.8. The van der Waals surface area contributed by atoms with E-state index in [0.717, 1.165) is 55.0 Å². The smallest absolute Gasteiger partial charge is 0.295 e. The van der Waals surface area contributed by atoms with E-state index >= 15 is 0 Å². The number of amides is 1. The molecule has 1 saturated heterocycles. The standard InChI is InChI=1S/C30H38N2O5/c1-5-8-17-36-24-12-9-21(10-13-24)27-26(29(34)30(35)32(27)16-15-31(6-2)7-3)28(33)22-11-14-25-23(19-22)18-20(4)37-25/h9-14,19-20,27,33H,5-8,15-18H2,1-4H3/t20-,27+/m0/s1. The number of likely N-dealkylation sites (tertiary alicyclic amines) is 1. The van der Waals surface area contributed by atoms with E-state index in [4.69, 9.17) is 9.47 Å². The van der Waals surface area contributed by atoms with Gasteiger partial charge in [0.1, 0.15) is 23.4 Å². The van der Waals surface area contributed by atoms with E-state index in [-0.39, 0.29) is 17.4 Å². The van der Waals surface area contributed by atoms with Crippen molar-refractivity contribution in [3.05, 3.63) is 64.7 Å². The average molecular weight is 507 g/mol. The third-order valence-corrected chi connectivity index (χ3v) is 7.22. The minimum Gasteiger partial charge on any atom is -0.507 e. The van der Waals surface area contributed by atoms with Gasteiger partial charge in [-0.15, -0.1) is 0 Å². The van der Waals surface area contributed by atoms with Gasteiger partial charge in [0, 0.05) is 25.1 Å². The van der Waals surface area contributed by atoms with Gasteiger partial charge >= 0.3 is 0 Å². The second-order valence-electron chi connectivity index (χ2n) is 9.75. The van der Waals surface area contributed by atoms with Gasteiger partial charge in [0.25, 0.3) is 11.7 Å². The summed E-state index contributed by atoms with van der Waals surface area (Å²) in [5, 5.41) is 11.4. The Balaban J connectivity index is 1.72. The van der Waals surface area contributed by atoms with Crippen molar-refractivity contribution in [1.82, 2.24) is 9.80 Å². The van der Waals surface area contributed by atoms with Crippen molar-refractivity contribution in [2.75, 3.05) is 32.8 Å². The van der Waals surface area contributed by atoms with Gasteiger partial charge in [-0.2, -0.15) is 0 Å². The molecule has 0 aliphatic carbocycles. The normalized spacial score (nSPS) is 20.4. The Labute approximate surface area is 219 Å². The number of rotatable bonds is 11. The summed E-state index contributed by atoms with van der Waals surface area (Å²) in [7, 11) is 0. The maximum Gasteiger partial charge on any atom is 0.295 e. The largest absolute Gasteiger partial charge is 0.507 e. The first-order valence-electron chi connectivity index (χ1n) is 13.4. The van der Waals surface area contributed by atoms with E-state index in [1.54, 1.807) is 11.0 Å². The molecule has 0 spiro atoms. The number of ether oxygens (including phenoxy) is 2. The van der Waals surface area contributed by atoms with Gasteiger partial charge in [0.15, 0.2) is 0 Å². The summed E-state index contributed by atoms with van der Waals surface area (Å²) in [5.74, 6) is 0.138. The molecule has 2 atom stereocenters. The highest BCUT2D eigenvalue weighted by Gasteiger charge is 2.46. The number of carbonyl (C=O) groups excluding carboxylic acids is 2. The van der Waals surface area contributed by atoms with Crippen LogP contribution in [0.2, 0.25) is 0 Å². The molecular weight excluding hydrogens is 468 g/mol. The number of hydrogen-bond donors (Lipinski definition) is 1. The monoisotopic (exact) mass is 506 g/mol. The van der Waals surface area contributed by atoms with Gasteiger partial charge in [-0.05, 0) is 67.9 Å². The summed E-state index contributed by atoms with van der Waals surface area (Å²) in [5.41, 5.74) is 2.39. The number of carbonyl (C=O) groups is 2. The van der Waals surface area contributed by atoms with Crippen molar-refractivity contribution in [1.29, 1.82) is 0 Å². The quantitative estimate of drug-likeness (QED) is 0.201. The first-order chi connectivity index (χ1) is 17.9. The second-order valence-corrected chi connectivity index (χ2v) is 9.75. The lowest BCUT2D eigenvalue weighted by Crippen LogP contribution is -2.38. The number of nitrogens with zero attached hydrogens (tertiary/aromatic N) is 2. The molecule has 4 rings (SSSR count). The summed E-state index contributed by atoms with van der Waals surface area (Å²) >= 11 is 0. The number of ketones is 1. The molecule has 7 nitrogen and oxygen atoms in total. The van der Waals surface area contributed by atoms with Crippen LogP contribution >= 0.6 is 0 Å². The van der Waals surface area contributed by atoms with Gasteiger partial charge in [0.2, 0.25) is 0 Å². The van der Waals surface area contributed by atoms with E-state index in [0.29, 0.717) is 25.3 Å². The Hall–Kier alpha value is -3.32. The third-order valence-electron chi connectivity index (χ3n) is 7.22. The van der Waals surface area contributed by atoms with Crippen molar-refractivity contribution >= 4 is 17.4 Å². The average Bonchev–Trinajstić information content (AvgIpc) is 3.40. The lowest BCUT2D eigenvalue weighted by atomic mass is 9.94. The third kappa shape index (κ3) is 5.67. The molecule has 1 N–H and O–H groups in total. The van der Waals surface area contributed by atoms with E-state index < -0.39 is 17.7 Å². The SMILES string of the molecule is CCCCOc1ccc([C@@H]2C(=C(O)c3ccc4c(c3)C[C@H](C)O4)C(=O)C(=O)N2CCN(CC)CC)cc1. The Bertz CT molecular complexity index is 1150. The topological polar surface area (TPSA) is 79.3 Å². The molecule has 2 heterocycles. The molecule has 2 aliphatic rings. The van der Waals surface area contributed by atoms with E-state index in [9.17, 15) is 14.7 Å². The molecule has 198 valence electrons. The Morgan fingerprint density at radius 1 is 1.11 bits per heavy atom. The van der Waals surface area contributed by atoms with Crippen molar-refractivity contribution in [3.63, 3.8) is 0 Å².